The van der Waals surface area contributed by atoms with Gasteiger partial charge in [0.15, 0.2) is 0 Å². The average Bonchev–Trinajstić information content (AvgIpc) is 3.14. The first-order valence-electron chi connectivity index (χ1n) is 8.78. The summed E-state index contributed by atoms with van der Waals surface area (Å²) in [7, 11) is 4.69. The van der Waals surface area contributed by atoms with Crippen molar-refractivity contribution in [3.63, 3.8) is 0 Å². The van der Waals surface area contributed by atoms with E-state index in [1.807, 2.05) is 45.1 Å². The summed E-state index contributed by atoms with van der Waals surface area (Å²) >= 11 is 1.61. The van der Waals surface area contributed by atoms with E-state index in [4.69, 9.17) is 19.0 Å². The van der Waals surface area contributed by atoms with Crippen LogP contribution in [-0.4, -0.2) is 45.7 Å². The van der Waals surface area contributed by atoms with Gasteiger partial charge in [0.25, 0.3) is 0 Å². The fourth-order valence-corrected chi connectivity index (χ4v) is 3.21. The number of nitrogens with zero attached hydrogens (tertiary/aromatic N) is 1. The lowest BCUT2D eigenvalue weighted by molar-refractivity contribution is -0.138. The molecule has 2 atom stereocenters. The van der Waals surface area contributed by atoms with Gasteiger partial charge in [-0.2, -0.15) is 0 Å². The summed E-state index contributed by atoms with van der Waals surface area (Å²) in [5.41, 5.74) is 0.828. The van der Waals surface area contributed by atoms with Crippen LogP contribution in [0.5, 0.6) is 0 Å². The first-order valence-corrected chi connectivity index (χ1v) is 9.59. The third kappa shape index (κ3) is 7.56. The molecule has 0 radical (unpaired) electrons. The number of ether oxygens (including phenoxy) is 3. The summed E-state index contributed by atoms with van der Waals surface area (Å²) < 4.78 is 16.0. The van der Waals surface area contributed by atoms with E-state index in [1.165, 1.54) is 20.3 Å². The summed E-state index contributed by atoms with van der Waals surface area (Å²) in [6.45, 7) is 6.17. The molecule has 0 aliphatic carbocycles. The zero-order valence-electron chi connectivity index (χ0n) is 16.9. The zero-order chi connectivity index (χ0) is 20.2. The molecule has 0 aliphatic heterocycles. The molecule has 0 unspecified atom stereocenters. The van der Waals surface area contributed by atoms with Gasteiger partial charge < -0.3 is 19.0 Å². The normalized spacial score (nSPS) is 14.9. The zero-order valence-corrected chi connectivity index (χ0v) is 17.7. The Kier molecular flexibility index (Phi) is 10.4. The van der Waals surface area contributed by atoms with Crippen LogP contribution in [0.1, 0.15) is 36.9 Å². The quantitative estimate of drug-likeness (QED) is 0.184. The second kappa shape index (κ2) is 12.3. The lowest BCUT2D eigenvalue weighted by Gasteiger charge is -2.21. The Hall–Kier alpha value is -2.12. The maximum atomic E-state index is 11.8. The van der Waals surface area contributed by atoms with Crippen molar-refractivity contribution in [3.8, 4) is 0 Å². The van der Waals surface area contributed by atoms with E-state index >= 15 is 0 Å². The van der Waals surface area contributed by atoms with E-state index < -0.39 is 5.97 Å². The molecule has 1 aromatic heterocycles. The predicted octanol–water partition coefficient (Wildman–Crippen LogP) is 4.27. The van der Waals surface area contributed by atoms with Crippen molar-refractivity contribution in [3.05, 3.63) is 39.8 Å². The Bertz CT molecular complexity index is 678. The Morgan fingerprint density at radius 2 is 2.04 bits per heavy atom. The van der Waals surface area contributed by atoms with Crippen LogP contribution < -0.4 is 0 Å². The minimum Gasteiger partial charge on any atom is -0.500 e. The fraction of sp³-hybridized carbons (Fsp3) is 0.500. The Labute approximate surface area is 165 Å². The average molecular weight is 396 g/mol. The molecule has 6 nitrogen and oxygen atoms in total. The molecule has 1 heterocycles. The molecule has 0 fully saturated rings. The predicted molar refractivity (Wildman–Crippen MR) is 109 cm³/mol. The molecule has 0 spiro atoms. The van der Waals surface area contributed by atoms with Gasteiger partial charge in [-0.3, -0.25) is 0 Å². The molecule has 27 heavy (non-hydrogen) atoms. The van der Waals surface area contributed by atoms with Crippen LogP contribution in [0.2, 0.25) is 0 Å². The van der Waals surface area contributed by atoms with Crippen molar-refractivity contribution in [2.75, 3.05) is 27.9 Å². The van der Waals surface area contributed by atoms with Crippen molar-refractivity contribution in [2.24, 2.45) is 11.1 Å². The molecule has 0 N–H and O–H groups in total. The van der Waals surface area contributed by atoms with Crippen molar-refractivity contribution in [1.29, 1.82) is 0 Å². The van der Waals surface area contributed by atoms with E-state index in [1.54, 1.807) is 18.4 Å². The van der Waals surface area contributed by atoms with Crippen LogP contribution >= 0.6 is 11.3 Å². The van der Waals surface area contributed by atoms with Gasteiger partial charge in [-0.15, -0.1) is 11.3 Å². The highest BCUT2D eigenvalue weighted by atomic mass is 32.1. The van der Waals surface area contributed by atoms with Crippen LogP contribution in [0.4, 0.5) is 0 Å². The summed E-state index contributed by atoms with van der Waals surface area (Å²) in [4.78, 5) is 18.7. The molecule has 0 bridgehead atoms. The van der Waals surface area contributed by atoms with Crippen LogP contribution in [0, 0.1) is 5.92 Å². The number of carbonyl (C=O) groups excluding carboxylic acids is 1. The summed E-state index contributed by atoms with van der Waals surface area (Å²) in [5, 5.41) is 3.94. The summed E-state index contributed by atoms with van der Waals surface area (Å²) in [6.07, 6.45) is 5.84. The van der Waals surface area contributed by atoms with Crippen LogP contribution in [0.3, 0.4) is 0 Å². The monoisotopic (exact) mass is 395 g/mol. The molecule has 1 rings (SSSR count). The number of oxime groups is 1. The molecule has 7 heteroatoms. The summed E-state index contributed by atoms with van der Waals surface area (Å²) in [5.74, 6) is -0.0422. The number of methoxy groups -OCH3 is 2. The maximum absolute atomic E-state index is 11.8. The molecule has 0 saturated carbocycles. The van der Waals surface area contributed by atoms with Gasteiger partial charge in [0.2, 0.25) is 0 Å². The highest BCUT2D eigenvalue weighted by Crippen LogP contribution is 2.23. The van der Waals surface area contributed by atoms with Gasteiger partial charge in [0.1, 0.15) is 12.9 Å². The lowest BCUT2D eigenvalue weighted by atomic mass is 10.0. The number of hydrogen-bond acceptors (Lipinski definition) is 7. The van der Waals surface area contributed by atoms with Crippen molar-refractivity contribution in [2.45, 2.75) is 33.3 Å². The SMILES string of the molecule is CCCOC(=O)/C=C(/OC)[C@H](C)[C@H](/C=C/c1ccc(/C(C)=N\OC)s1)OC. The topological polar surface area (TPSA) is 66.4 Å². The van der Waals surface area contributed by atoms with Gasteiger partial charge in [-0.05, 0) is 31.6 Å². The first-order chi connectivity index (χ1) is 13.0. The fourth-order valence-electron chi connectivity index (χ4n) is 2.36. The Morgan fingerprint density at radius 1 is 1.30 bits per heavy atom. The van der Waals surface area contributed by atoms with E-state index in [0.717, 1.165) is 21.9 Å². The van der Waals surface area contributed by atoms with E-state index in [9.17, 15) is 4.79 Å². The second-order valence-electron chi connectivity index (χ2n) is 5.83. The maximum Gasteiger partial charge on any atom is 0.334 e. The summed E-state index contributed by atoms with van der Waals surface area (Å²) in [6, 6.07) is 4.01. The van der Waals surface area contributed by atoms with Gasteiger partial charge in [0.05, 0.1) is 36.5 Å². The largest absolute Gasteiger partial charge is 0.500 e. The van der Waals surface area contributed by atoms with Gasteiger partial charge >= 0.3 is 5.97 Å². The Morgan fingerprint density at radius 3 is 2.63 bits per heavy atom. The molecule has 0 aliphatic rings. The molecule has 0 amide bonds. The highest BCUT2D eigenvalue weighted by molar-refractivity contribution is 7.14. The van der Waals surface area contributed by atoms with Gasteiger partial charge in [0, 0.05) is 17.9 Å². The second-order valence-corrected chi connectivity index (χ2v) is 6.94. The van der Waals surface area contributed by atoms with Gasteiger partial charge in [-0.25, -0.2) is 4.79 Å². The smallest absolute Gasteiger partial charge is 0.334 e. The molecule has 0 saturated heterocycles. The van der Waals surface area contributed by atoms with E-state index in [0.29, 0.717) is 12.4 Å². The van der Waals surface area contributed by atoms with Crippen LogP contribution in [-0.2, 0) is 23.8 Å². The number of hydrogen-bond donors (Lipinski definition) is 0. The molecule has 0 aromatic carbocycles. The van der Waals surface area contributed by atoms with E-state index in [2.05, 4.69) is 5.16 Å². The third-order valence-electron chi connectivity index (χ3n) is 3.82. The van der Waals surface area contributed by atoms with Crippen LogP contribution in [0.15, 0.2) is 35.2 Å². The molecule has 1 aromatic rings. The van der Waals surface area contributed by atoms with Gasteiger partial charge in [-0.1, -0.05) is 25.1 Å². The number of thiophene rings is 1. The number of rotatable bonds is 11. The minimum atomic E-state index is -0.407. The molecular weight excluding hydrogens is 366 g/mol. The van der Waals surface area contributed by atoms with Crippen molar-refractivity contribution < 1.29 is 23.8 Å². The molecule has 150 valence electrons. The molecular formula is C20H29NO5S. The standard InChI is InChI=1S/C20H29NO5S/c1-7-12-26-20(22)13-18(24-5)14(2)17(23-4)10-8-16-9-11-19(27-16)15(3)21-25-6/h8-11,13-14,17H,7,12H2,1-6H3/b10-8+,18-13+,21-15-/t14-,17+/m1/s1. The number of esters is 1. The van der Waals surface area contributed by atoms with Crippen molar-refractivity contribution >= 4 is 29.1 Å². The third-order valence-corrected chi connectivity index (χ3v) is 4.98. The minimum absolute atomic E-state index is 0.151. The van der Waals surface area contributed by atoms with Crippen molar-refractivity contribution in [1.82, 2.24) is 0 Å². The number of carbonyl (C=O) groups is 1. The first kappa shape index (κ1) is 22.9. The Balaban J connectivity index is 2.86. The van der Waals surface area contributed by atoms with Crippen LogP contribution in [0.25, 0.3) is 6.08 Å². The lowest BCUT2D eigenvalue weighted by Crippen LogP contribution is -2.21. The van der Waals surface area contributed by atoms with E-state index in [-0.39, 0.29) is 12.0 Å². The highest BCUT2D eigenvalue weighted by Gasteiger charge is 2.20.